The highest BCUT2D eigenvalue weighted by Crippen LogP contribution is 2.57. The quantitative estimate of drug-likeness (QED) is 0.809. The number of piperidine rings is 1. The first-order valence-corrected chi connectivity index (χ1v) is 8.00. The van der Waals surface area contributed by atoms with Crippen LogP contribution in [0.25, 0.3) is 0 Å². The summed E-state index contributed by atoms with van der Waals surface area (Å²) in [6.07, 6.45) is 3.85. The zero-order valence-electron chi connectivity index (χ0n) is 13.3. The number of methoxy groups -OCH3 is 1. The van der Waals surface area contributed by atoms with Gasteiger partial charge in [0.05, 0.1) is 7.11 Å². The zero-order valence-corrected chi connectivity index (χ0v) is 13.3. The number of ether oxygens (including phenoxy) is 1. The molecule has 1 heterocycles. The summed E-state index contributed by atoms with van der Waals surface area (Å²) in [6.45, 7) is 0.803. The van der Waals surface area contributed by atoms with Gasteiger partial charge in [0.2, 0.25) is 0 Å². The molecule has 1 aromatic rings. The summed E-state index contributed by atoms with van der Waals surface area (Å²) in [6, 6.07) is 3.77. The predicted molar refractivity (Wildman–Crippen MR) is 84.7 cm³/mol. The van der Waals surface area contributed by atoms with E-state index in [2.05, 4.69) is 11.9 Å². The van der Waals surface area contributed by atoms with Crippen LogP contribution in [-0.4, -0.2) is 53.7 Å². The topological polar surface area (TPSA) is 70.0 Å². The monoisotopic (exact) mass is 315 g/mol. The Morgan fingerprint density at radius 3 is 2.91 bits per heavy atom. The predicted octanol–water partition coefficient (Wildman–Crippen LogP) is 1.01. The molecule has 1 aromatic carbocycles. The molecule has 1 saturated heterocycles. The molecule has 122 valence electrons. The van der Waals surface area contributed by atoms with Gasteiger partial charge in [0, 0.05) is 22.9 Å². The van der Waals surface area contributed by atoms with E-state index in [4.69, 9.17) is 4.74 Å². The Morgan fingerprint density at radius 1 is 1.39 bits per heavy atom. The Bertz CT molecular complexity index is 713. The Hall–Kier alpha value is -1.85. The maximum absolute atomic E-state index is 12.3. The van der Waals surface area contributed by atoms with E-state index >= 15 is 0 Å². The molecule has 0 aromatic heterocycles. The number of hydrogen-bond donors (Lipinski definition) is 2. The van der Waals surface area contributed by atoms with Crippen molar-refractivity contribution in [3.63, 3.8) is 0 Å². The molecule has 5 heteroatoms. The minimum absolute atomic E-state index is 0.0390. The molecule has 1 aliphatic heterocycles. The van der Waals surface area contributed by atoms with Crippen molar-refractivity contribution in [3.05, 3.63) is 35.4 Å². The second-order valence-electron chi connectivity index (χ2n) is 6.88. The fraction of sp³-hybridized carbons (Fsp3) is 0.500. The number of ketones is 1. The highest BCUT2D eigenvalue weighted by Gasteiger charge is 2.59. The molecule has 0 saturated carbocycles. The number of fused-ring (bicyclic) bond motifs is 1. The molecule has 2 N–H and O–H groups in total. The molecular weight excluding hydrogens is 294 g/mol. The summed E-state index contributed by atoms with van der Waals surface area (Å²) in [5, 5.41) is 21.1. The van der Waals surface area contributed by atoms with Gasteiger partial charge in [0.25, 0.3) is 0 Å². The van der Waals surface area contributed by atoms with Crippen molar-refractivity contribution in [2.24, 2.45) is 5.92 Å². The minimum atomic E-state index is -1.09. The summed E-state index contributed by atoms with van der Waals surface area (Å²) in [7, 11) is 3.61. The van der Waals surface area contributed by atoms with Gasteiger partial charge < -0.3 is 19.8 Å². The van der Waals surface area contributed by atoms with Crippen LogP contribution in [0.4, 0.5) is 0 Å². The number of likely N-dealkylation sites (tertiary alicyclic amines) is 1. The van der Waals surface area contributed by atoms with Crippen molar-refractivity contribution in [2.75, 3.05) is 20.7 Å². The first-order chi connectivity index (χ1) is 11.0. The van der Waals surface area contributed by atoms with Crippen LogP contribution in [-0.2, 0) is 16.6 Å². The molecule has 2 bridgehead atoms. The summed E-state index contributed by atoms with van der Waals surface area (Å²) in [5.41, 5.74) is 1.16. The first kappa shape index (κ1) is 14.7. The van der Waals surface area contributed by atoms with Crippen molar-refractivity contribution in [1.82, 2.24) is 4.90 Å². The molecule has 2 aliphatic carbocycles. The maximum atomic E-state index is 12.3. The summed E-state index contributed by atoms with van der Waals surface area (Å²) < 4.78 is 5.48. The SMILES string of the molecule is COc1c(O)ccc2c1C13CCN(C)C(C2)[C@@H]1C=CC(=O)[C@@H]3O. The lowest BCUT2D eigenvalue weighted by molar-refractivity contribution is -0.132. The number of phenols is 1. The second kappa shape index (κ2) is 4.82. The molecule has 0 spiro atoms. The number of rotatable bonds is 1. The number of phenolic OH excluding ortho intramolecular Hbond substituents is 1. The van der Waals surface area contributed by atoms with Crippen molar-refractivity contribution < 1.29 is 19.7 Å². The number of benzene rings is 1. The fourth-order valence-corrected chi connectivity index (χ4v) is 4.91. The van der Waals surface area contributed by atoms with E-state index < -0.39 is 11.5 Å². The van der Waals surface area contributed by atoms with Crippen LogP contribution < -0.4 is 4.74 Å². The normalized spacial score (nSPS) is 35.6. The molecule has 5 nitrogen and oxygen atoms in total. The Balaban J connectivity index is 2.05. The highest BCUT2D eigenvalue weighted by molar-refractivity contribution is 5.96. The van der Waals surface area contributed by atoms with Gasteiger partial charge in [-0.05, 0) is 44.1 Å². The van der Waals surface area contributed by atoms with E-state index in [1.807, 2.05) is 12.1 Å². The standard InChI is InChI=1S/C18H21NO4/c1-19-8-7-18-11(4-6-14(21)17(18)22)12(19)9-10-3-5-13(20)16(23-2)15(10)18/h3-6,11-12,17,20,22H,7-9H2,1-2H3/t11-,12?,17-,18?/m0/s1. The number of hydrogen-bond acceptors (Lipinski definition) is 5. The van der Waals surface area contributed by atoms with Crippen LogP contribution in [0.1, 0.15) is 17.5 Å². The van der Waals surface area contributed by atoms with Gasteiger partial charge in [-0.3, -0.25) is 4.79 Å². The Labute approximate surface area is 135 Å². The van der Waals surface area contributed by atoms with Crippen LogP contribution in [0.3, 0.4) is 0 Å². The van der Waals surface area contributed by atoms with E-state index in [1.165, 1.54) is 13.2 Å². The lowest BCUT2D eigenvalue weighted by Gasteiger charge is -2.57. The number of aromatic hydroxyl groups is 1. The van der Waals surface area contributed by atoms with Crippen molar-refractivity contribution >= 4 is 5.78 Å². The molecule has 4 atom stereocenters. The molecule has 23 heavy (non-hydrogen) atoms. The number of aliphatic hydroxyl groups is 1. The summed E-state index contributed by atoms with van der Waals surface area (Å²) in [5.74, 6) is 0.239. The molecule has 1 fully saturated rings. The molecule has 0 amide bonds. The van der Waals surface area contributed by atoms with Crippen LogP contribution in [0.2, 0.25) is 0 Å². The van der Waals surface area contributed by atoms with Gasteiger partial charge in [-0.2, -0.15) is 0 Å². The van der Waals surface area contributed by atoms with Crippen LogP contribution in [0.5, 0.6) is 11.5 Å². The molecular formula is C18H21NO4. The smallest absolute Gasteiger partial charge is 0.184 e. The van der Waals surface area contributed by atoms with Gasteiger partial charge in [-0.1, -0.05) is 12.1 Å². The van der Waals surface area contributed by atoms with Crippen molar-refractivity contribution in [1.29, 1.82) is 0 Å². The van der Waals surface area contributed by atoms with Crippen LogP contribution >= 0.6 is 0 Å². The van der Waals surface area contributed by atoms with E-state index in [9.17, 15) is 15.0 Å². The third-order valence-electron chi connectivity index (χ3n) is 6.00. The van der Waals surface area contributed by atoms with Crippen molar-refractivity contribution in [2.45, 2.75) is 30.4 Å². The van der Waals surface area contributed by atoms with E-state index in [0.717, 1.165) is 24.1 Å². The second-order valence-corrected chi connectivity index (χ2v) is 6.88. The fourth-order valence-electron chi connectivity index (χ4n) is 4.91. The Morgan fingerprint density at radius 2 is 2.17 bits per heavy atom. The van der Waals surface area contributed by atoms with Crippen LogP contribution in [0, 0.1) is 5.92 Å². The average molecular weight is 315 g/mol. The number of aliphatic hydroxyl groups excluding tert-OH is 1. The summed E-state index contributed by atoms with van der Waals surface area (Å²) >= 11 is 0. The van der Waals surface area contributed by atoms with E-state index in [1.54, 1.807) is 6.07 Å². The average Bonchev–Trinajstić information content (AvgIpc) is 2.55. The number of carbonyl (C=O) groups is 1. The third-order valence-corrected chi connectivity index (χ3v) is 6.00. The number of carbonyl (C=O) groups excluding carboxylic acids is 1. The maximum Gasteiger partial charge on any atom is 0.184 e. The number of likely N-dealkylation sites (N-methyl/N-ethyl adjacent to an activating group) is 1. The van der Waals surface area contributed by atoms with Crippen molar-refractivity contribution in [3.8, 4) is 11.5 Å². The largest absolute Gasteiger partial charge is 0.504 e. The van der Waals surface area contributed by atoms with Gasteiger partial charge in [0.15, 0.2) is 17.3 Å². The van der Waals surface area contributed by atoms with Gasteiger partial charge in [0.1, 0.15) is 6.10 Å². The Kier molecular flexibility index (Phi) is 3.09. The third kappa shape index (κ3) is 1.72. The molecule has 3 aliphatic rings. The lowest BCUT2D eigenvalue weighted by atomic mass is 9.52. The highest BCUT2D eigenvalue weighted by atomic mass is 16.5. The zero-order chi connectivity index (χ0) is 16.4. The minimum Gasteiger partial charge on any atom is -0.504 e. The summed E-state index contributed by atoms with van der Waals surface area (Å²) in [4.78, 5) is 14.6. The molecule has 4 rings (SSSR count). The molecule has 2 unspecified atom stereocenters. The molecule has 0 radical (unpaired) electrons. The van der Waals surface area contributed by atoms with E-state index in [0.29, 0.717) is 12.2 Å². The van der Waals surface area contributed by atoms with Gasteiger partial charge >= 0.3 is 0 Å². The van der Waals surface area contributed by atoms with Crippen LogP contribution in [0.15, 0.2) is 24.3 Å². The lowest BCUT2D eigenvalue weighted by Crippen LogP contribution is -2.65. The van der Waals surface area contributed by atoms with Gasteiger partial charge in [-0.25, -0.2) is 0 Å². The first-order valence-electron chi connectivity index (χ1n) is 8.00. The van der Waals surface area contributed by atoms with Gasteiger partial charge in [-0.15, -0.1) is 0 Å². The van der Waals surface area contributed by atoms with E-state index in [-0.39, 0.29) is 23.5 Å². The number of nitrogens with zero attached hydrogens (tertiary/aromatic N) is 1.